The van der Waals surface area contributed by atoms with Crippen molar-refractivity contribution < 1.29 is 4.79 Å². The maximum absolute atomic E-state index is 12.2. The van der Waals surface area contributed by atoms with Crippen LogP contribution in [0.15, 0.2) is 6.07 Å². The summed E-state index contributed by atoms with van der Waals surface area (Å²) < 4.78 is 0. The molecule has 21 heavy (non-hydrogen) atoms. The van der Waals surface area contributed by atoms with Crippen molar-refractivity contribution in [3.63, 3.8) is 0 Å². The number of aromatic nitrogens is 2. The number of hydrogen-bond donors (Lipinski definition) is 2. The summed E-state index contributed by atoms with van der Waals surface area (Å²) in [7, 11) is 0. The highest BCUT2D eigenvalue weighted by atomic mass is 16.1. The topological polar surface area (TPSA) is 66.9 Å². The van der Waals surface area contributed by atoms with Crippen molar-refractivity contribution in [2.45, 2.75) is 71.4 Å². The Labute approximate surface area is 127 Å². The smallest absolute Gasteiger partial charge is 0.270 e. The predicted molar refractivity (Wildman–Crippen MR) is 84.5 cm³/mol. The first-order valence-electron chi connectivity index (χ1n) is 8.01. The van der Waals surface area contributed by atoms with E-state index >= 15 is 0 Å². The van der Waals surface area contributed by atoms with E-state index in [1.54, 1.807) is 6.07 Å². The van der Waals surface area contributed by atoms with Crippen LogP contribution in [0.3, 0.4) is 0 Å². The van der Waals surface area contributed by atoms with Crippen LogP contribution in [0.1, 0.15) is 68.7 Å². The summed E-state index contributed by atoms with van der Waals surface area (Å²) in [6.07, 6.45) is 7.12. The Hall–Kier alpha value is -1.65. The maximum Gasteiger partial charge on any atom is 0.270 e. The van der Waals surface area contributed by atoms with Crippen LogP contribution in [0.25, 0.3) is 0 Å². The maximum atomic E-state index is 12.2. The summed E-state index contributed by atoms with van der Waals surface area (Å²) in [5.74, 6) is 1.27. The van der Waals surface area contributed by atoms with Crippen LogP contribution in [0.5, 0.6) is 0 Å². The first-order valence-corrected chi connectivity index (χ1v) is 8.01. The van der Waals surface area contributed by atoms with E-state index in [0.29, 0.717) is 17.6 Å². The van der Waals surface area contributed by atoms with Gasteiger partial charge in [-0.15, -0.1) is 0 Å². The fraction of sp³-hybridized carbons (Fsp3) is 0.688. The predicted octanol–water partition coefficient (Wildman–Crippen LogP) is 3.06. The second kappa shape index (κ2) is 7.38. The Morgan fingerprint density at radius 1 is 1.33 bits per heavy atom. The molecule has 0 radical (unpaired) electrons. The minimum Gasteiger partial charge on any atom is -0.367 e. The van der Waals surface area contributed by atoms with E-state index in [2.05, 4.69) is 20.6 Å². The number of nitrogens with zero attached hydrogens (tertiary/aromatic N) is 2. The number of aryl methyl sites for hydroxylation is 1. The average molecular weight is 290 g/mol. The van der Waals surface area contributed by atoms with Gasteiger partial charge < -0.3 is 10.6 Å². The Balaban J connectivity index is 2.07. The molecule has 5 heteroatoms. The monoisotopic (exact) mass is 290 g/mol. The van der Waals surface area contributed by atoms with E-state index in [1.165, 1.54) is 32.1 Å². The molecule has 0 aromatic carbocycles. The molecular weight excluding hydrogens is 264 g/mol. The van der Waals surface area contributed by atoms with Crippen molar-refractivity contribution in [3.8, 4) is 0 Å². The van der Waals surface area contributed by atoms with E-state index in [-0.39, 0.29) is 11.9 Å². The molecule has 1 amide bonds. The van der Waals surface area contributed by atoms with Crippen LogP contribution < -0.4 is 10.6 Å². The lowest BCUT2D eigenvalue weighted by molar-refractivity contribution is 0.0934. The van der Waals surface area contributed by atoms with Gasteiger partial charge >= 0.3 is 0 Å². The molecule has 0 spiro atoms. The third kappa shape index (κ3) is 4.69. The zero-order valence-corrected chi connectivity index (χ0v) is 13.3. The summed E-state index contributed by atoms with van der Waals surface area (Å²) in [4.78, 5) is 20.8. The Morgan fingerprint density at radius 2 is 2.05 bits per heavy atom. The lowest BCUT2D eigenvalue weighted by Gasteiger charge is -2.23. The van der Waals surface area contributed by atoms with Gasteiger partial charge in [-0.05, 0) is 33.1 Å². The third-order valence-electron chi connectivity index (χ3n) is 4.02. The first kappa shape index (κ1) is 15.7. The van der Waals surface area contributed by atoms with E-state index in [9.17, 15) is 4.79 Å². The number of rotatable bonds is 5. The lowest BCUT2D eigenvalue weighted by atomic mass is 9.95. The van der Waals surface area contributed by atoms with Crippen molar-refractivity contribution in [1.82, 2.24) is 15.3 Å². The minimum absolute atomic E-state index is 0.124. The molecule has 5 nitrogen and oxygen atoms in total. The van der Waals surface area contributed by atoms with Gasteiger partial charge in [0.2, 0.25) is 0 Å². The van der Waals surface area contributed by atoms with E-state index < -0.39 is 0 Å². The number of amides is 1. The third-order valence-corrected chi connectivity index (χ3v) is 4.02. The molecule has 0 bridgehead atoms. The molecule has 116 valence electrons. The molecular formula is C16H26N4O. The summed E-state index contributed by atoms with van der Waals surface area (Å²) in [5.41, 5.74) is 0.445. The summed E-state index contributed by atoms with van der Waals surface area (Å²) in [6, 6.07) is 2.39. The quantitative estimate of drug-likeness (QED) is 0.874. The van der Waals surface area contributed by atoms with Crippen LogP contribution in [-0.4, -0.2) is 28.0 Å². The molecule has 1 atom stereocenters. The summed E-state index contributed by atoms with van der Waals surface area (Å²) in [5, 5.41) is 6.40. The van der Waals surface area contributed by atoms with Gasteiger partial charge in [-0.2, -0.15) is 0 Å². The van der Waals surface area contributed by atoms with Gasteiger partial charge in [0, 0.05) is 18.2 Å². The Kier molecular flexibility index (Phi) is 5.53. The highest BCUT2D eigenvalue weighted by Crippen LogP contribution is 2.21. The van der Waals surface area contributed by atoms with Crippen molar-refractivity contribution in [2.24, 2.45) is 0 Å². The lowest BCUT2D eigenvalue weighted by Crippen LogP contribution is -2.33. The molecule has 2 N–H and O–H groups in total. The van der Waals surface area contributed by atoms with Gasteiger partial charge in [0.05, 0.1) is 0 Å². The zero-order chi connectivity index (χ0) is 15.2. The highest BCUT2D eigenvalue weighted by Gasteiger charge is 2.16. The van der Waals surface area contributed by atoms with Gasteiger partial charge in [-0.3, -0.25) is 4.79 Å². The van der Waals surface area contributed by atoms with Gasteiger partial charge in [0.1, 0.15) is 17.3 Å². The molecule has 0 aliphatic heterocycles. The van der Waals surface area contributed by atoms with Gasteiger partial charge in [0.15, 0.2) is 0 Å². The van der Waals surface area contributed by atoms with Crippen LogP contribution in [0, 0.1) is 6.92 Å². The van der Waals surface area contributed by atoms with Crippen LogP contribution in [0.4, 0.5) is 5.82 Å². The van der Waals surface area contributed by atoms with Crippen LogP contribution >= 0.6 is 0 Å². The summed E-state index contributed by atoms with van der Waals surface area (Å²) >= 11 is 0. The largest absolute Gasteiger partial charge is 0.367 e. The summed E-state index contributed by atoms with van der Waals surface area (Å²) in [6.45, 7) is 5.87. The molecule has 1 aromatic rings. The zero-order valence-electron chi connectivity index (χ0n) is 13.3. The minimum atomic E-state index is -0.124. The van der Waals surface area contributed by atoms with Crippen LogP contribution in [0.2, 0.25) is 0 Å². The van der Waals surface area contributed by atoms with E-state index in [4.69, 9.17) is 0 Å². The van der Waals surface area contributed by atoms with Crippen molar-refractivity contribution in [2.75, 3.05) is 5.32 Å². The average Bonchev–Trinajstić information content (AvgIpc) is 2.47. The molecule has 0 saturated heterocycles. The number of carbonyl (C=O) groups excluding carboxylic acids is 1. The van der Waals surface area contributed by atoms with Gasteiger partial charge in [-0.25, -0.2) is 9.97 Å². The van der Waals surface area contributed by atoms with Gasteiger partial charge in [-0.1, -0.05) is 26.2 Å². The SMILES string of the molecule is CCC(C)NC(=O)c1cc(NC2CCCCC2)nc(C)n1. The second-order valence-corrected chi connectivity index (χ2v) is 5.95. The fourth-order valence-electron chi connectivity index (χ4n) is 2.61. The second-order valence-electron chi connectivity index (χ2n) is 5.95. The van der Waals surface area contributed by atoms with Crippen molar-refractivity contribution >= 4 is 11.7 Å². The Bertz CT molecular complexity index is 483. The molecule has 2 rings (SSSR count). The fourth-order valence-corrected chi connectivity index (χ4v) is 2.61. The van der Waals surface area contributed by atoms with Crippen molar-refractivity contribution in [3.05, 3.63) is 17.6 Å². The number of hydrogen-bond acceptors (Lipinski definition) is 4. The molecule has 1 heterocycles. The number of anilines is 1. The van der Waals surface area contributed by atoms with Crippen LogP contribution in [-0.2, 0) is 0 Å². The molecule has 1 unspecified atom stereocenters. The normalized spacial score (nSPS) is 17.3. The molecule has 1 aliphatic carbocycles. The highest BCUT2D eigenvalue weighted by molar-refractivity contribution is 5.93. The first-order chi connectivity index (χ1) is 10.1. The van der Waals surface area contributed by atoms with Gasteiger partial charge in [0.25, 0.3) is 5.91 Å². The van der Waals surface area contributed by atoms with Crippen molar-refractivity contribution in [1.29, 1.82) is 0 Å². The van der Waals surface area contributed by atoms with E-state index in [0.717, 1.165) is 12.2 Å². The number of carbonyl (C=O) groups is 1. The molecule has 1 aliphatic rings. The molecule has 1 saturated carbocycles. The molecule has 1 aromatic heterocycles. The standard InChI is InChI=1S/C16H26N4O/c1-4-11(2)17-16(21)14-10-15(19-12(3)18-14)20-13-8-6-5-7-9-13/h10-11,13H,4-9H2,1-3H3,(H,17,21)(H,18,19,20). The molecule has 1 fully saturated rings. The Morgan fingerprint density at radius 3 is 2.71 bits per heavy atom. The number of nitrogens with one attached hydrogen (secondary N) is 2. The van der Waals surface area contributed by atoms with E-state index in [1.807, 2.05) is 20.8 Å².